The highest BCUT2D eigenvalue weighted by atomic mass is 31.2. The molecule has 2 atom stereocenters. The number of aliphatic hydroxyl groups excluding tert-OH is 2. The van der Waals surface area contributed by atoms with Crippen molar-refractivity contribution in [3.05, 3.63) is 54.1 Å². The molecule has 1 heterocycles. The SMILES string of the molecule is CCCC[P+](CCCC)(CCCC)Cc1ccc(C(CC(C)(C)C(C)(C)C(CC(C)(C)C)n2cc[n+](CC)c2)C(C)(C)C)cc1.CO.CO. The summed E-state index contributed by atoms with van der Waals surface area (Å²) in [6.45, 7) is 35.2. The van der Waals surface area contributed by atoms with E-state index in [1.165, 1.54) is 75.2 Å². The monoisotopic (exact) mass is 705 g/mol. The van der Waals surface area contributed by atoms with Crippen LogP contribution in [0.4, 0.5) is 0 Å². The fourth-order valence-electron chi connectivity index (χ4n) is 7.54. The molecule has 5 heteroatoms. The number of aromatic nitrogens is 2. The molecular weight excluding hydrogens is 619 g/mol. The zero-order chi connectivity index (χ0) is 38.1. The van der Waals surface area contributed by atoms with E-state index in [4.69, 9.17) is 10.2 Å². The summed E-state index contributed by atoms with van der Waals surface area (Å²) in [6, 6.07) is 10.6. The van der Waals surface area contributed by atoms with Gasteiger partial charge < -0.3 is 10.2 Å². The molecular formula is C44H85N2O2P+2. The van der Waals surface area contributed by atoms with Crippen LogP contribution in [0.15, 0.2) is 43.0 Å². The maximum Gasteiger partial charge on any atom is 0.243 e. The normalized spacial score (nSPS) is 14.0. The Bertz CT molecular complexity index is 1100. The van der Waals surface area contributed by atoms with Crippen LogP contribution in [0.2, 0.25) is 0 Å². The predicted molar refractivity (Wildman–Crippen MR) is 220 cm³/mol. The maximum atomic E-state index is 7.00. The Morgan fingerprint density at radius 2 is 1.16 bits per heavy atom. The van der Waals surface area contributed by atoms with Gasteiger partial charge in [-0.3, -0.25) is 0 Å². The van der Waals surface area contributed by atoms with E-state index < -0.39 is 7.26 Å². The van der Waals surface area contributed by atoms with Crippen LogP contribution in [0, 0.1) is 21.7 Å². The van der Waals surface area contributed by atoms with Crippen LogP contribution < -0.4 is 4.57 Å². The van der Waals surface area contributed by atoms with Crippen molar-refractivity contribution in [2.45, 2.75) is 173 Å². The minimum absolute atomic E-state index is 0.0935. The van der Waals surface area contributed by atoms with E-state index in [-0.39, 0.29) is 21.7 Å². The van der Waals surface area contributed by atoms with Crippen molar-refractivity contribution in [1.29, 1.82) is 0 Å². The Kier molecular flexibility index (Phi) is 21.4. The van der Waals surface area contributed by atoms with Gasteiger partial charge in [-0.1, -0.05) is 134 Å². The molecule has 2 N–H and O–H groups in total. The van der Waals surface area contributed by atoms with Crippen LogP contribution >= 0.6 is 7.26 Å². The molecule has 49 heavy (non-hydrogen) atoms. The van der Waals surface area contributed by atoms with Crippen molar-refractivity contribution in [3.63, 3.8) is 0 Å². The Hall–Kier alpha value is -1.22. The summed E-state index contributed by atoms with van der Waals surface area (Å²) in [6.07, 6.45) is 23.3. The first-order chi connectivity index (χ1) is 22.8. The van der Waals surface area contributed by atoms with Gasteiger partial charge in [0.1, 0.15) is 18.4 Å². The van der Waals surface area contributed by atoms with Crippen LogP contribution in [-0.2, 0) is 12.7 Å². The molecule has 1 aromatic heterocycles. The molecule has 0 radical (unpaired) electrons. The highest BCUT2D eigenvalue weighted by Crippen LogP contribution is 2.63. The number of aliphatic hydroxyl groups is 2. The van der Waals surface area contributed by atoms with E-state index in [1.807, 2.05) is 0 Å². The van der Waals surface area contributed by atoms with Gasteiger partial charge in [-0.05, 0) is 72.3 Å². The number of unbranched alkanes of at least 4 members (excludes halogenated alkanes) is 3. The van der Waals surface area contributed by atoms with E-state index in [1.54, 1.807) is 5.56 Å². The average Bonchev–Trinajstić information content (AvgIpc) is 3.53. The third kappa shape index (κ3) is 15.1. The number of rotatable bonds is 19. The van der Waals surface area contributed by atoms with Crippen LogP contribution in [0.25, 0.3) is 0 Å². The molecule has 2 unspecified atom stereocenters. The largest absolute Gasteiger partial charge is 0.400 e. The Morgan fingerprint density at radius 1 is 0.694 bits per heavy atom. The molecule has 4 nitrogen and oxygen atoms in total. The maximum absolute atomic E-state index is 7.00. The quantitative estimate of drug-likeness (QED) is 0.113. The van der Waals surface area contributed by atoms with E-state index >= 15 is 0 Å². The Labute approximate surface area is 307 Å². The summed E-state index contributed by atoms with van der Waals surface area (Å²) in [4.78, 5) is 0. The molecule has 1 aromatic carbocycles. The average molecular weight is 705 g/mol. The molecule has 0 aliphatic heterocycles. The molecule has 0 bridgehead atoms. The molecule has 0 amide bonds. The lowest BCUT2D eigenvalue weighted by atomic mass is 9.56. The Morgan fingerprint density at radius 3 is 1.53 bits per heavy atom. The number of benzene rings is 1. The minimum atomic E-state index is -0.957. The highest BCUT2D eigenvalue weighted by molar-refractivity contribution is 7.75. The lowest BCUT2D eigenvalue weighted by molar-refractivity contribution is -0.693. The van der Waals surface area contributed by atoms with Gasteiger partial charge in [-0.15, -0.1) is 0 Å². The van der Waals surface area contributed by atoms with Gasteiger partial charge in [-0.2, -0.15) is 0 Å². The molecule has 2 rings (SSSR count). The molecule has 0 fully saturated rings. The number of imidazole rings is 1. The summed E-state index contributed by atoms with van der Waals surface area (Å²) in [5, 5.41) is 14.0. The fourth-order valence-corrected chi connectivity index (χ4v) is 12.6. The predicted octanol–water partition coefficient (Wildman–Crippen LogP) is 12.2. The van der Waals surface area contributed by atoms with Gasteiger partial charge >= 0.3 is 0 Å². The summed E-state index contributed by atoms with van der Waals surface area (Å²) < 4.78 is 4.85. The summed E-state index contributed by atoms with van der Waals surface area (Å²) in [5.74, 6) is 0.501. The zero-order valence-corrected chi connectivity index (χ0v) is 36.5. The van der Waals surface area contributed by atoms with E-state index in [0.717, 1.165) is 27.2 Å². The molecule has 0 saturated carbocycles. The van der Waals surface area contributed by atoms with Crippen molar-refractivity contribution in [1.82, 2.24) is 4.57 Å². The van der Waals surface area contributed by atoms with Crippen LogP contribution in [0.1, 0.15) is 171 Å². The first kappa shape index (κ1) is 47.8. The zero-order valence-electron chi connectivity index (χ0n) is 35.6. The minimum Gasteiger partial charge on any atom is -0.400 e. The van der Waals surface area contributed by atoms with Crippen molar-refractivity contribution in [2.24, 2.45) is 21.7 Å². The third-order valence-corrected chi connectivity index (χ3v) is 16.3. The van der Waals surface area contributed by atoms with E-state index in [2.05, 4.69) is 149 Å². The third-order valence-electron chi connectivity index (χ3n) is 11.4. The lowest BCUT2D eigenvalue weighted by Crippen LogP contribution is -2.44. The molecule has 0 aliphatic carbocycles. The van der Waals surface area contributed by atoms with Gasteiger partial charge in [0.25, 0.3) is 0 Å². The number of hydrogen-bond donors (Lipinski definition) is 2. The molecule has 0 aliphatic rings. The first-order valence-electron chi connectivity index (χ1n) is 19.7. The smallest absolute Gasteiger partial charge is 0.243 e. The van der Waals surface area contributed by atoms with Gasteiger partial charge in [0.15, 0.2) is 0 Å². The van der Waals surface area contributed by atoms with Gasteiger partial charge in [0.05, 0.1) is 31.2 Å². The van der Waals surface area contributed by atoms with Gasteiger partial charge in [0.2, 0.25) is 6.33 Å². The van der Waals surface area contributed by atoms with E-state index in [0.29, 0.717) is 12.0 Å². The van der Waals surface area contributed by atoms with Crippen molar-refractivity contribution in [2.75, 3.05) is 32.7 Å². The molecule has 286 valence electrons. The van der Waals surface area contributed by atoms with Crippen molar-refractivity contribution in [3.8, 4) is 0 Å². The summed E-state index contributed by atoms with van der Waals surface area (Å²) in [7, 11) is 1.04. The van der Waals surface area contributed by atoms with Crippen LogP contribution in [-0.4, -0.2) is 47.5 Å². The molecule has 2 aromatic rings. The molecule has 0 saturated heterocycles. The van der Waals surface area contributed by atoms with Gasteiger partial charge in [0, 0.05) is 26.9 Å². The van der Waals surface area contributed by atoms with E-state index in [9.17, 15) is 0 Å². The summed E-state index contributed by atoms with van der Waals surface area (Å²) in [5.41, 5.74) is 3.80. The van der Waals surface area contributed by atoms with Crippen LogP contribution in [0.3, 0.4) is 0 Å². The van der Waals surface area contributed by atoms with Crippen molar-refractivity contribution < 1.29 is 14.8 Å². The second kappa shape index (κ2) is 22.0. The lowest BCUT2D eigenvalue weighted by Gasteiger charge is -2.50. The number of nitrogens with zero attached hydrogens (tertiary/aromatic N) is 2. The molecule has 0 spiro atoms. The first-order valence-corrected chi connectivity index (χ1v) is 22.3. The highest BCUT2D eigenvalue weighted by Gasteiger charge is 2.49. The second-order valence-electron chi connectivity index (χ2n) is 18.2. The van der Waals surface area contributed by atoms with Crippen molar-refractivity contribution >= 4 is 7.26 Å². The number of hydrogen-bond acceptors (Lipinski definition) is 2. The fraction of sp³-hybridized carbons (Fsp3) is 0.795. The standard InChI is InChI=1S/C42H77N2P.2CH4O/c1-15-19-28-45(29-20-16-2,30-21-17-3)33-35-22-24-36(25-23-35)37(40(8,9)10)31-41(11,12)42(13,14)38(32-39(5,6)7)44-27-26-43(18-4)34-44;2*1-2/h22-27,34,37-38H,15-21,28-33H2,1-14H3;2*2H,1H3/q+2;;. The second-order valence-corrected chi connectivity index (χ2v) is 22.5. The van der Waals surface area contributed by atoms with Crippen LogP contribution in [0.5, 0.6) is 0 Å². The topological polar surface area (TPSA) is 49.3 Å². The van der Waals surface area contributed by atoms with Gasteiger partial charge in [-0.25, -0.2) is 9.13 Å². The number of aryl methyl sites for hydroxylation is 1. The Balaban J connectivity index is 0.00000554. The summed E-state index contributed by atoms with van der Waals surface area (Å²) >= 11 is 0.